The first kappa shape index (κ1) is 21.6. The second kappa shape index (κ2) is 9.63. The Bertz CT molecular complexity index is 962. The van der Waals surface area contributed by atoms with Crippen molar-refractivity contribution in [1.29, 1.82) is 0 Å². The van der Waals surface area contributed by atoms with Gasteiger partial charge in [-0.3, -0.25) is 4.98 Å². The topological polar surface area (TPSA) is 43.4 Å². The molecule has 158 valence electrons. The van der Waals surface area contributed by atoms with Gasteiger partial charge < -0.3 is 14.8 Å². The zero-order chi connectivity index (χ0) is 21.6. The minimum atomic E-state index is -4.35. The molecule has 0 spiro atoms. The molecule has 0 radical (unpaired) electrons. The van der Waals surface area contributed by atoms with Gasteiger partial charge in [-0.2, -0.15) is 13.2 Å². The summed E-state index contributed by atoms with van der Waals surface area (Å²) < 4.78 is 50.1. The Kier molecular flexibility index (Phi) is 6.95. The highest BCUT2D eigenvalue weighted by Gasteiger charge is 2.30. The summed E-state index contributed by atoms with van der Waals surface area (Å²) in [5.41, 5.74) is 1.78. The Labute approximate surface area is 173 Å². The SMILES string of the molecule is COc1ccc(CN[C@@H](C)c2cccc(C(F)(F)F)c2)cc1OCc1cccnc1. The number of pyridine rings is 1. The summed E-state index contributed by atoms with van der Waals surface area (Å²) in [5.74, 6) is 1.20. The number of ether oxygens (including phenoxy) is 2. The number of alkyl halides is 3. The molecule has 1 atom stereocenters. The molecule has 0 bridgehead atoms. The molecular weight excluding hydrogens is 393 g/mol. The highest BCUT2D eigenvalue weighted by molar-refractivity contribution is 5.43. The minimum absolute atomic E-state index is 0.255. The number of aromatic nitrogens is 1. The van der Waals surface area contributed by atoms with Crippen molar-refractivity contribution in [3.05, 3.63) is 89.2 Å². The van der Waals surface area contributed by atoms with E-state index in [1.54, 1.807) is 25.6 Å². The van der Waals surface area contributed by atoms with Crippen LogP contribution in [-0.4, -0.2) is 12.1 Å². The van der Waals surface area contributed by atoms with Crippen molar-refractivity contribution in [2.24, 2.45) is 0 Å². The Hall–Kier alpha value is -3.06. The van der Waals surface area contributed by atoms with Crippen molar-refractivity contribution in [3.8, 4) is 11.5 Å². The van der Waals surface area contributed by atoms with Gasteiger partial charge in [0, 0.05) is 30.5 Å². The van der Waals surface area contributed by atoms with Crippen molar-refractivity contribution in [2.45, 2.75) is 32.3 Å². The average Bonchev–Trinajstić information content (AvgIpc) is 2.76. The molecule has 1 aromatic heterocycles. The van der Waals surface area contributed by atoms with Crippen molar-refractivity contribution in [2.75, 3.05) is 7.11 Å². The molecule has 0 unspecified atom stereocenters. The third-order valence-corrected chi connectivity index (χ3v) is 4.67. The average molecular weight is 416 g/mol. The molecule has 0 fully saturated rings. The third-order valence-electron chi connectivity index (χ3n) is 4.67. The number of nitrogens with one attached hydrogen (secondary N) is 1. The number of rotatable bonds is 8. The van der Waals surface area contributed by atoms with Gasteiger partial charge in [-0.15, -0.1) is 0 Å². The van der Waals surface area contributed by atoms with E-state index >= 15 is 0 Å². The van der Waals surface area contributed by atoms with Crippen LogP contribution in [0.5, 0.6) is 11.5 Å². The van der Waals surface area contributed by atoms with E-state index in [4.69, 9.17) is 9.47 Å². The van der Waals surface area contributed by atoms with E-state index in [1.807, 2.05) is 37.3 Å². The molecule has 7 heteroatoms. The van der Waals surface area contributed by atoms with E-state index in [2.05, 4.69) is 10.3 Å². The standard InChI is InChI=1S/C23H23F3N2O2/c1-16(19-6-3-7-20(12-19)23(24,25)26)28-14-17-8-9-21(29-2)22(11-17)30-15-18-5-4-10-27-13-18/h3-13,16,28H,14-15H2,1-2H3/t16-/m0/s1. The summed E-state index contributed by atoms with van der Waals surface area (Å²) >= 11 is 0. The van der Waals surface area contributed by atoms with Gasteiger partial charge in [-0.25, -0.2) is 0 Å². The number of benzene rings is 2. The van der Waals surface area contributed by atoms with Gasteiger partial charge in [-0.05, 0) is 48.4 Å². The monoisotopic (exact) mass is 416 g/mol. The molecular formula is C23H23F3N2O2. The molecule has 30 heavy (non-hydrogen) atoms. The molecule has 3 rings (SSSR count). The first-order chi connectivity index (χ1) is 14.4. The molecule has 0 aliphatic carbocycles. The Balaban J connectivity index is 1.66. The van der Waals surface area contributed by atoms with Crippen molar-refractivity contribution in [3.63, 3.8) is 0 Å². The zero-order valence-electron chi connectivity index (χ0n) is 16.7. The van der Waals surface area contributed by atoms with Crippen LogP contribution in [0.2, 0.25) is 0 Å². The van der Waals surface area contributed by atoms with Crippen LogP contribution < -0.4 is 14.8 Å². The summed E-state index contributed by atoms with van der Waals surface area (Å²) in [6, 6.07) is 14.4. The van der Waals surface area contributed by atoms with E-state index in [-0.39, 0.29) is 6.04 Å². The molecule has 4 nitrogen and oxygen atoms in total. The van der Waals surface area contributed by atoms with Crippen LogP contribution in [0.15, 0.2) is 67.0 Å². The van der Waals surface area contributed by atoms with Crippen molar-refractivity contribution < 1.29 is 22.6 Å². The van der Waals surface area contributed by atoms with Crippen molar-refractivity contribution >= 4 is 0 Å². The predicted molar refractivity (Wildman–Crippen MR) is 108 cm³/mol. The van der Waals surface area contributed by atoms with Crippen LogP contribution in [0.4, 0.5) is 13.2 Å². The first-order valence-electron chi connectivity index (χ1n) is 9.46. The largest absolute Gasteiger partial charge is 0.493 e. The fraction of sp³-hybridized carbons (Fsp3) is 0.261. The summed E-state index contributed by atoms with van der Waals surface area (Å²) in [6.45, 7) is 2.64. The van der Waals surface area contributed by atoms with Crippen molar-refractivity contribution in [1.82, 2.24) is 10.3 Å². The van der Waals surface area contributed by atoms with E-state index in [0.717, 1.165) is 17.2 Å². The summed E-state index contributed by atoms with van der Waals surface area (Å²) in [6.07, 6.45) is -0.928. The normalized spacial score (nSPS) is 12.4. The summed E-state index contributed by atoms with van der Waals surface area (Å²) in [5, 5.41) is 3.26. The molecule has 3 aromatic rings. The third kappa shape index (κ3) is 5.73. The molecule has 0 saturated carbocycles. The fourth-order valence-corrected chi connectivity index (χ4v) is 2.96. The van der Waals surface area contributed by atoms with E-state index in [0.29, 0.717) is 30.2 Å². The van der Waals surface area contributed by atoms with E-state index < -0.39 is 11.7 Å². The molecule has 1 N–H and O–H groups in total. The Morgan fingerprint density at radius 3 is 2.53 bits per heavy atom. The molecule has 0 amide bonds. The van der Waals surface area contributed by atoms with Gasteiger partial charge in [0.25, 0.3) is 0 Å². The highest BCUT2D eigenvalue weighted by atomic mass is 19.4. The Morgan fingerprint density at radius 1 is 1.00 bits per heavy atom. The molecule has 0 aliphatic rings. The van der Waals surface area contributed by atoms with Gasteiger partial charge in [0.15, 0.2) is 11.5 Å². The number of nitrogens with zero attached hydrogens (tertiary/aromatic N) is 1. The van der Waals surface area contributed by atoms with E-state index in [1.165, 1.54) is 12.1 Å². The molecule has 0 aliphatic heterocycles. The second-order valence-corrected chi connectivity index (χ2v) is 6.86. The highest BCUT2D eigenvalue weighted by Crippen LogP contribution is 2.31. The van der Waals surface area contributed by atoms with Crippen LogP contribution in [-0.2, 0) is 19.3 Å². The maximum atomic E-state index is 12.9. The quantitative estimate of drug-likeness (QED) is 0.524. The van der Waals surface area contributed by atoms with Crippen LogP contribution in [0, 0.1) is 0 Å². The van der Waals surface area contributed by atoms with Crippen LogP contribution in [0.25, 0.3) is 0 Å². The lowest BCUT2D eigenvalue weighted by Crippen LogP contribution is -2.19. The van der Waals surface area contributed by atoms with Gasteiger partial charge in [0.2, 0.25) is 0 Å². The van der Waals surface area contributed by atoms with Crippen LogP contribution in [0.1, 0.15) is 35.2 Å². The lowest BCUT2D eigenvalue weighted by atomic mass is 10.0. The molecule has 2 aromatic carbocycles. The summed E-state index contributed by atoms with van der Waals surface area (Å²) in [7, 11) is 1.57. The number of hydrogen-bond acceptors (Lipinski definition) is 4. The maximum Gasteiger partial charge on any atom is 0.416 e. The lowest BCUT2D eigenvalue weighted by molar-refractivity contribution is -0.137. The maximum absolute atomic E-state index is 12.9. The van der Waals surface area contributed by atoms with Crippen LogP contribution >= 0.6 is 0 Å². The van der Waals surface area contributed by atoms with Gasteiger partial charge in [0.1, 0.15) is 6.61 Å². The minimum Gasteiger partial charge on any atom is -0.493 e. The first-order valence-corrected chi connectivity index (χ1v) is 9.46. The number of halogens is 3. The number of methoxy groups -OCH3 is 1. The number of hydrogen-bond donors (Lipinski definition) is 1. The van der Waals surface area contributed by atoms with Gasteiger partial charge >= 0.3 is 6.18 Å². The second-order valence-electron chi connectivity index (χ2n) is 6.86. The van der Waals surface area contributed by atoms with Gasteiger partial charge in [0.05, 0.1) is 12.7 Å². The van der Waals surface area contributed by atoms with Crippen LogP contribution in [0.3, 0.4) is 0 Å². The molecule has 1 heterocycles. The zero-order valence-corrected chi connectivity index (χ0v) is 16.7. The molecule has 0 saturated heterocycles. The lowest BCUT2D eigenvalue weighted by Gasteiger charge is -2.17. The smallest absolute Gasteiger partial charge is 0.416 e. The fourth-order valence-electron chi connectivity index (χ4n) is 2.96. The summed E-state index contributed by atoms with van der Waals surface area (Å²) in [4.78, 5) is 4.06. The predicted octanol–water partition coefficient (Wildman–Crippen LogP) is 5.54. The van der Waals surface area contributed by atoms with Gasteiger partial charge in [-0.1, -0.05) is 24.3 Å². The Morgan fingerprint density at radius 2 is 1.83 bits per heavy atom. The van der Waals surface area contributed by atoms with E-state index in [9.17, 15) is 13.2 Å².